The molecule has 0 radical (unpaired) electrons. The summed E-state index contributed by atoms with van der Waals surface area (Å²) in [6.45, 7) is 0.878. The number of ether oxygens (including phenoxy) is 2. The average molecular weight is 444 g/mol. The Hall–Kier alpha value is -3.43. The number of benzene rings is 3. The molecule has 0 saturated heterocycles. The predicted molar refractivity (Wildman–Crippen MR) is 115 cm³/mol. The molecule has 3 aromatic rings. The zero-order valence-corrected chi connectivity index (χ0v) is 17.5. The van der Waals surface area contributed by atoms with Crippen LogP contribution >= 0.6 is 0 Å². The van der Waals surface area contributed by atoms with Gasteiger partial charge >= 0.3 is 0 Å². The van der Waals surface area contributed by atoms with Crippen LogP contribution in [-0.4, -0.2) is 34.6 Å². The van der Waals surface area contributed by atoms with Crippen LogP contribution in [0.4, 0.5) is 15.8 Å². The van der Waals surface area contributed by atoms with Crippen molar-refractivity contribution in [1.82, 2.24) is 0 Å². The highest BCUT2D eigenvalue weighted by Gasteiger charge is 2.17. The molecule has 3 aromatic carbocycles. The van der Waals surface area contributed by atoms with E-state index in [4.69, 9.17) is 9.47 Å². The third kappa shape index (κ3) is 6.27. The van der Waals surface area contributed by atoms with Crippen LogP contribution in [0, 0.1) is 5.82 Å². The van der Waals surface area contributed by atoms with Gasteiger partial charge in [0.25, 0.3) is 15.9 Å². The lowest BCUT2D eigenvalue weighted by molar-refractivity contribution is 0.102. The smallest absolute Gasteiger partial charge is 0.261 e. The lowest BCUT2D eigenvalue weighted by atomic mass is 10.2. The normalized spacial score (nSPS) is 11.0. The fourth-order valence-electron chi connectivity index (χ4n) is 2.62. The second kappa shape index (κ2) is 10.1. The van der Waals surface area contributed by atoms with Crippen molar-refractivity contribution in [2.75, 3.05) is 30.4 Å². The van der Waals surface area contributed by atoms with Crippen molar-refractivity contribution in [1.29, 1.82) is 0 Å². The van der Waals surface area contributed by atoms with E-state index < -0.39 is 21.7 Å². The number of sulfonamides is 1. The highest BCUT2D eigenvalue weighted by Crippen LogP contribution is 2.20. The van der Waals surface area contributed by atoms with Gasteiger partial charge in [-0.1, -0.05) is 6.07 Å². The highest BCUT2D eigenvalue weighted by molar-refractivity contribution is 7.92. The molecule has 0 aliphatic heterocycles. The SMILES string of the molecule is COCCOc1ccc(NC(=O)c2cccc(S(=O)(=O)Nc3ccc(F)cc3)c2)cc1. The van der Waals surface area contributed by atoms with E-state index in [2.05, 4.69) is 10.0 Å². The van der Waals surface area contributed by atoms with Crippen molar-refractivity contribution in [2.45, 2.75) is 4.90 Å². The van der Waals surface area contributed by atoms with E-state index in [0.717, 1.165) is 12.1 Å². The van der Waals surface area contributed by atoms with Crippen molar-refractivity contribution >= 4 is 27.3 Å². The lowest BCUT2D eigenvalue weighted by Crippen LogP contribution is -2.16. The summed E-state index contributed by atoms with van der Waals surface area (Å²) in [5, 5.41) is 2.71. The van der Waals surface area contributed by atoms with Crippen LogP contribution in [0.3, 0.4) is 0 Å². The zero-order valence-electron chi connectivity index (χ0n) is 16.7. The molecule has 0 aliphatic carbocycles. The molecular weight excluding hydrogens is 423 g/mol. The molecular formula is C22H21FN2O5S. The molecule has 31 heavy (non-hydrogen) atoms. The minimum Gasteiger partial charge on any atom is -0.491 e. The van der Waals surface area contributed by atoms with Gasteiger partial charge in [0.15, 0.2) is 0 Å². The predicted octanol–water partition coefficient (Wildman–Crippen LogP) is 3.90. The fraction of sp³-hybridized carbons (Fsp3) is 0.136. The average Bonchev–Trinajstić information content (AvgIpc) is 2.77. The van der Waals surface area contributed by atoms with E-state index in [9.17, 15) is 17.6 Å². The number of amides is 1. The molecule has 0 spiro atoms. The van der Waals surface area contributed by atoms with Crippen LogP contribution in [0.2, 0.25) is 0 Å². The van der Waals surface area contributed by atoms with Crippen LogP contribution in [0.1, 0.15) is 10.4 Å². The number of halogens is 1. The number of hydrogen-bond donors (Lipinski definition) is 2. The molecule has 7 nitrogen and oxygen atoms in total. The summed E-state index contributed by atoms with van der Waals surface area (Å²) in [6, 6.07) is 17.3. The van der Waals surface area contributed by atoms with Crippen molar-refractivity contribution in [3.05, 3.63) is 84.2 Å². The number of methoxy groups -OCH3 is 1. The number of carbonyl (C=O) groups is 1. The van der Waals surface area contributed by atoms with Gasteiger partial charge in [-0.15, -0.1) is 0 Å². The Kier molecular flexibility index (Phi) is 7.22. The van der Waals surface area contributed by atoms with Crippen molar-refractivity contribution < 1.29 is 27.1 Å². The Balaban J connectivity index is 1.68. The summed E-state index contributed by atoms with van der Waals surface area (Å²) >= 11 is 0. The number of carbonyl (C=O) groups excluding carboxylic acids is 1. The van der Waals surface area contributed by atoms with Gasteiger partial charge in [0, 0.05) is 24.0 Å². The maximum absolute atomic E-state index is 13.0. The quantitative estimate of drug-likeness (QED) is 0.488. The van der Waals surface area contributed by atoms with Gasteiger partial charge < -0.3 is 14.8 Å². The number of rotatable bonds is 9. The van der Waals surface area contributed by atoms with E-state index in [-0.39, 0.29) is 16.1 Å². The van der Waals surface area contributed by atoms with Gasteiger partial charge in [-0.2, -0.15) is 0 Å². The Labute approximate surface area is 179 Å². The summed E-state index contributed by atoms with van der Waals surface area (Å²) in [5.74, 6) is -0.307. The van der Waals surface area contributed by atoms with E-state index >= 15 is 0 Å². The maximum Gasteiger partial charge on any atom is 0.261 e. The maximum atomic E-state index is 13.0. The van der Waals surface area contributed by atoms with Gasteiger partial charge in [0.05, 0.1) is 11.5 Å². The summed E-state index contributed by atoms with van der Waals surface area (Å²) in [7, 11) is -2.37. The van der Waals surface area contributed by atoms with Crippen LogP contribution in [0.25, 0.3) is 0 Å². The molecule has 0 heterocycles. The second-order valence-corrected chi connectivity index (χ2v) is 8.14. The molecule has 162 valence electrons. The second-order valence-electron chi connectivity index (χ2n) is 6.46. The Morgan fingerprint density at radius 1 is 0.935 bits per heavy atom. The monoisotopic (exact) mass is 444 g/mol. The van der Waals surface area contributed by atoms with Crippen LogP contribution < -0.4 is 14.8 Å². The third-order valence-electron chi connectivity index (χ3n) is 4.17. The number of hydrogen-bond acceptors (Lipinski definition) is 5. The first kappa shape index (κ1) is 22.3. The summed E-state index contributed by atoms with van der Waals surface area (Å²) < 4.78 is 51.0. The van der Waals surface area contributed by atoms with E-state index in [0.29, 0.717) is 24.7 Å². The minimum atomic E-state index is -3.95. The molecule has 2 N–H and O–H groups in total. The first-order valence-electron chi connectivity index (χ1n) is 9.29. The van der Waals surface area contributed by atoms with Gasteiger partial charge in [0.1, 0.15) is 18.2 Å². The van der Waals surface area contributed by atoms with Gasteiger partial charge in [-0.05, 0) is 66.7 Å². The first-order valence-corrected chi connectivity index (χ1v) is 10.8. The molecule has 9 heteroatoms. The molecule has 1 amide bonds. The third-order valence-corrected chi connectivity index (χ3v) is 5.55. The number of nitrogens with one attached hydrogen (secondary N) is 2. The number of anilines is 2. The topological polar surface area (TPSA) is 93.7 Å². The Bertz CT molecular complexity index is 1130. The highest BCUT2D eigenvalue weighted by atomic mass is 32.2. The first-order chi connectivity index (χ1) is 14.9. The molecule has 0 atom stereocenters. The zero-order chi connectivity index (χ0) is 22.3. The Morgan fingerprint density at radius 3 is 2.29 bits per heavy atom. The van der Waals surface area contributed by atoms with E-state index in [1.807, 2.05) is 0 Å². The van der Waals surface area contributed by atoms with Crippen LogP contribution in [-0.2, 0) is 14.8 Å². The van der Waals surface area contributed by atoms with Crippen LogP contribution in [0.15, 0.2) is 77.7 Å². The van der Waals surface area contributed by atoms with Crippen molar-refractivity contribution in [3.63, 3.8) is 0 Å². The van der Waals surface area contributed by atoms with E-state index in [1.54, 1.807) is 31.4 Å². The summed E-state index contributed by atoms with van der Waals surface area (Å²) in [5.41, 5.74) is 0.910. The van der Waals surface area contributed by atoms with Gasteiger partial charge in [-0.25, -0.2) is 12.8 Å². The molecule has 0 aromatic heterocycles. The molecule has 0 unspecified atom stereocenters. The van der Waals surface area contributed by atoms with Gasteiger partial charge in [0.2, 0.25) is 0 Å². The fourth-order valence-corrected chi connectivity index (χ4v) is 3.72. The molecule has 3 rings (SSSR count). The lowest BCUT2D eigenvalue weighted by Gasteiger charge is -2.10. The summed E-state index contributed by atoms with van der Waals surface area (Å²) in [6.07, 6.45) is 0. The molecule has 0 saturated carbocycles. The largest absolute Gasteiger partial charge is 0.491 e. The minimum absolute atomic E-state index is 0.0913. The summed E-state index contributed by atoms with van der Waals surface area (Å²) in [4.78, 5) is 12.5. The van der Waals surface area contributed by atoms with Gasteiger partial charge in [-0.3, -0.25) is 9.52 Å². The van der Waals surface area contributed by atoms with Crippen molar-refractivity contribution in [3.8, 4) is 5.75 Å². The van der Waals surface area contributed by atoms with Crippen molar-refractivity contribution in [2.24, 2.45) is 0 Å². The molecule has 0 aliphatic rings. The molecule has 0 fully saturated rings. The molecule has 0 bridgehead atoms. The van der Waals surface area contributed by atoms with Crippen LogP contribution in [0.5, 0.6) is 5.75 Å². The standard InChI is InChI=1S/C22H21FN2O5S/c1-29-13-14-30-20-11-9-18(10-12-20)24-22(26)16-3-2-4-21(15-16)31(27,28)25-19-7-5-17(23)6-8-19/h2-12,15,25H,13-14H2,1H3,(H,24,26). The Morgan fingerprint density at radius 2 is 1.61 bits per heavy atom. The van der Waals surface area contributed by atoms with E-state index in [1.165, 1.54) is 36.4 Å².